The van der Waals surface area contributed by atoms with Gasteiger partial charge in [0.15, 0.2) is 0 Å². The zero-order valence-corrected chi connectivity index (χ0v) is 9.50. The van der Waals surface area contributed by atoms with Crippen LogP contribution in [0.4, 0.5) is 0 Å². The van der Waals surface area contributed by atoms with Gasteiger partial charge in [-0.2, -0.15) is 0 Å². The van der Waals surface area contributed by atoms with Crippen molar-refractivity contribution in [3.63, 3.8) is 0 Å². The van der Waals surface area contributed by atoms with Gasteiger partial charge < -0.3 is 4.74 Å². The van der Waals surface area contributed by atoms with Gasteiger partial charge in [-0.05, 0) is 44.9 Å². The zero-order chi connectivity index (χ0) is 11.0. The zero-order valence-electron chi connectivity index (χ0n) is 9.50. The topological polar surface area (TPSA) is 47.0 Å². The van der Waals surface area contributed by atoms with E-state index in [1.165, 1.54) is 18.5 Å². The summed E-state index contributed by atoms with van der Waals surface area (Å²) in [7, 11) is 0. The average molecular weight is 222 g/mol. The van der Waals surface area contributed by atoms with Crippen LogP contribution in [0, 0.1) is 0 Å². The van der Waals surface area contributed by atoms with Crippen LogP contribution in [0.2, 0.25) is 0 Å². The Hall–Kier alpha value is -1.03. The van der Waals surface area contributed by atoms with Gasteiger partial charge in [-0.1, -0.05) is 0 Å². The van der Waals surface area contributed by atoms with Crippen LogP contribution in [0.3, 0.4) is 0 Å². The van der Waals surface area contributed by atoms with E-state index in [0.29, 0.717) is 0 Å². The minimum Gasteiger partial charge on any atom is -0.357 e. The van der Waals surface area contributed by atoms with Crippen molar-refractivity contribution < 1.29 is 4.74 Å². The predicted molar refractivity (Wildman–Crippen MR) is 60.5 cm³/mol. The van der Waals surface area contributed by atoms with Gasteiger partial charge in [0.1, 0.15) is 6.23 Å². The van der Waals surface area contributed by atoms with Crippen molar-refractivity contribution in [3.05, 3.63) is 21.6 Å². The minimum atomic E-state index is 0.0725. The molecule has 0 saturated carbocycles. The molecule has 2 heterocycles. The van der Waals surface area contributed by atoms with Crippen LogP contribution in [0.25, 0.3) is 0 Å². The van der Waals surface area contributed by atoms with Crippen LogP contribution < -0.4 is 5.56 Å². The summed E-state index contributed by atoms with van der Waals surface area (Å²) in [6, 6.07) is 0. The maximum atomic E-state index is 11.8. The molecule has 4 heteroatoms. The van der Waals surface area contributed by atoms with Crippen molar-refractivity contribution in [2.75, 3.05) is 6.61 Å². The molecule has 1 atom stereocenters. The third-order valence-corrected chi connectivity index (χ3v) is 3.67. The Morgan fingerprint density at radius 2 is 2.06 bits per heavy atom. The third kappa shape index (κ3) is 1.61. The quantitative estimate of drug-likeness (QED) is 0.787. The number of aromatic amines is 1. The molecule has 1 unspecified atom stereocenters. The Kier molecular flexibility index (Phi) is 2.59. The summed E-state index contributed by atoms with van der Waals surface area (Å²) in [5, 5.41) is 2.96. The molecule has 1 aromatic heterocycles. The fourth-order valence-electron chi connectivity index (χ4n) is 2.82. The van der Waals surface area contributed by atoms with Gasteiger partial charge in [0, 0.05) is 17.9 Å². The van der Waals surface area contributed by atoms with Gasteiger partial charge in [0.2, 0.25) is 0 Å². The molecule has 3 rings (SSSR count). The Morgan fingerprint density at radius 3 is 2.88 bits per heavy atom. The van der Waals surface area contributed by atoms with E-state index in [1.807, 2.05) is 4.68 Å². The second-order valence-electron chi connectivity index (χ2n) is 4.76. The van der Waals surface area contributed by atoms with Crippen LogP contribution in [0.5, 0.6) is 0 Å². The summed E-state index contributed by atoms with van der Waals surface area (Å²) in [6.07, 6.45) is 7.73. The number of rotatable bonds is 1. The Labute approximate surface area is 94.6 Å². The number of hydrogen-bond acceptors (Lipinski definition) is 2. The van der Waals surface area contributed by atoms with Crippen LogP contribution in [0.15, 0.2) is 4.79 Å². The van der Waals surface area contributed by atoms with Crippen LogP contribution in [-0.4, -0.2) is 16.4 Å². The summed E-state index contributed by atoms with van der Waals surface area (Å²) in [4.78, 5) is 11.8. The van der Waals surface area contributed by atoms with Crippen molar-refractivity contribution in [1.29, 1.82) is 0 Å². The molecule has 4 nitrogen and oxygen atoms in total. The summed E-state index contributed by atoms with van der Waals surface area (Å²) >= 11 is 0. The Balaban J connectivity index is 1.97. The SMILES string of the molecule is O=c1[nH]n(C2CCCCO2)c2c1CCCC2. The molecule has 16 heavy (non-hydrogen) atoms. The van der Waals surface area contributed by atoms with E-state index < -0.39 is 0 Å². The maximum absolute atomic E-state index is 11.8. The molecule has 1 saturated heterocycles. The Morgan fingerprint density at radius 1 is 1.19 bits per heavy atom. The number of fused-ring (bicyclic) bond motifs is 1. The van der Waals surface area contributed by atoms with E-state index in [0.717, 1.165) is 44.3 Å². The minimum absolute atomic E-state index is 0.0725. The molecule has 88 valence electrons. The van der Waals surface area contributed by atoms with Crippen molar-refractivity contribution in [2.24, 2.45) is 0 Å². The lowest BCUT2D eigenvalue weighted by molar-refractivity contribution is -0.0415. The summed E-state index contributed by atoms with van der Waals surface area (Å²) in [6.45, 7) is 0.819. The molecular weight excluding hydrogens is 204 g/mol. The molecule has 1 N–H and O–H groups in total. The van der Waals surface area contributed by atoms with Crippen molar-refractivity contribution in [3.8, 4) is 0 Å². The smallest absolute Gasteiger partial charge is 0.267 e. The van der Waals surface area contributed by atoms with E-state index >= 15 is 0 Å². The van der Waals surface area contributed by atoms with Crippen LogP contribution in [0.1, 0.15) is 49.6 Å². The summed E-state index contributed by atoms with van der Waals surface area (Å²) < 4.78 is 7.73. The van der Waals surface area contributed by atoms with Crippen LogP contribution >= 0.6 is 0 Å². The first-order chi connectivity index (χ1) is 7.86. The van der Waals surface area contributed by atoms with Crippen molar-refractivity contribution >= 4 is 0 Å². The lowest BCUT2D eigenvalue weighted by atomic mass is 9.98. The highest BCUT2D eigenvalue weighted by atomic mass is 16.5. The predicted octanol–water partition coefficient (Wildman–Crippen LogP) is 1.75. The lowest BCUT2D eigenvalue weighted by Crippen LogP contribution is -2.22. The molecule has 1 aliphatic carbocycles. The van der Waals surface area contributed by atoms with E-state index in [4.69, 9.17) is 4.74 Å². The molecule has 1 fully saturated rings. The Bertz CT molecular complexity index is 427. The second kappa shape index (κ2) is 4.09. The monoisotopic (exact) mass is 222 g/mol. The number of hydrogen-bond donors (Lipinski definition) is 1. The van der Waals surface area contributed by atoms with E-state index in [1.54, 1.807) is 0 Å². The number of aromatic nitrogens is 2. The first-order valence-corrected chi connectivity index (χ1v) is 6.30. The maximum Gasteiger partial charge on any atom is 0.267 e. The molecule has 0 amide bonds. The highest BCUT2D eigenvalue weighted by Gasteiger charge is 2.24. The van der Waals surface area contributed by atoms with Crippen molar-refractivity contribution in [2.45, 2.75) is 51.2 Å². The molecular formula is C12H18N2O2. The fraction of sp³-hybridized carbons (Fsp3) is 0.750. The number of nitrogens with one attached hydrogen (secondary N) is 1. The van der Waals surface area contributed by atoms with Gasteiger partial charge in [0.25, 0.3) is 5.56 Å². The molecule has 1 aliphatic heterocycles. The van der Waals surface area contributed by atoms with E-state index in [2.05, 4.69) is 5.10 Å². The molecule has 0 aromatic carbocycles. The number of ether oxygens (including phenoxy) is 1. The van der Waals surface area contributed by atoms with E-state index in [9.17, 15) is 4.79 Å². The van der Waals surface area contributed by atoms with Crippen LogP contribution in [-0.2, 0) is 17.6 Å². The highest BCUT2D eigenvalue weighted by Crippen LogP contribution is 2.26. The van der Waals surface area contributed by atoms with Gasteiger partial charge >= 0.3 is 0 Å². The largest absolute Gasteiger partial charge is 0.357 e. The summed E-state index contributed by atoms with van der Waals surface area (Å²) in [5.41, 5.74) is 2.30. The molecule has 1 aromatic rings. The molecule has 2 aliphatic rings. The lowest BCUT2D eigenvalue weighted by Gasteiger charge is -2.26. The summed E-state index contributed by atoms with van der Waals surface area (Å²) in [5.74, 6) is 0. The number of H-pyrrole nitrogens is 1. The van der Waals surface area contributed by atoms with E-state index in [-0.39, 0.29) is 11.8 Å². The fourth-order valence-corrected chi connectivity index (χ4v) is 2.82. The normalized spacial score (nSPS) is 25.4. The number of nitrogens with zero attached hydrogens (tertiary/aromatic N) is 1. The van der Waals surface area contributed by atoms with Crippen molar-refractivity contribution in [1.82, 2.24) is 9.78 Å². The van der Waals surface area contributed by atoms with Gasteiger partial charge in [-0.15, -0.1) is 0 Å². The first kappa shape index (κ1) is 10.1. The van der Waals surface area contributed by atoms with Gasteiger partial charge in [-0.3, -0.25) is 14.6 Å². The first-order valence-electron chi connectivity index (χ1n) is 6.30. The average Bonchev–Trinajstić information content (AvgIpc) is 2.69. The highest BCUT2D eigenvalue weighted by molar-refractivity contribution is 5.21. The standard InChI is InChI=1S/C12H18N2O2/c15-12-9-5-1-2-6-10(9)14(13-12)11-7-3-4-8-16-11/h11H,1-8H2,(H,13,15). The second-order valence-corrected chi connectivity index (χ2v) is 4.76. The molecule has 0 spiro atoms. The molecule has 0 radical (unpaired) electrons. The third-order valence-electron chi connectivity index (χ3n) is 3.67. The molecule has 0 bridgehead atoms. The van der Waals surface area contributed by atoms with Gasteiger partial charge in [-0.25, -0.2) is 0 Å². The van der Waals surface area contributed by atoms with Gasteiger partial charge in [0.05, 0.1) is 0 Å².